The van der Waals surface area contributed by atoms with E-state index in [9.17, 15) is 27.6 Å². The molecule has 4 atom stereocenters. The molecule has 0 aromatic heterocycles. The Labute approximate surface area is 146 Å². The molecule has 2 aliphatic carbocycles. The summed E-state index contributed by atoms with van der Waals surface area (Å²) >= 11 is 0. The molecule has 8 heteroatoms. The lowest BCUT2D eigenvalue weighted by atomic mass is 9.85. The maximum atomic E-state index is 13.1. The smallest absolute Gasteiger partial charge is 0.325 e. The lowest BCUT2D eigenvalue weighted by Gasteiger charge is -2.22. The van der Waals surface area contributed by atoms with Crippen molar-refractivity contribution in [1.29, 1.82) is 0 Å². The number of rotatable bonds is 2. The van der Waals surface area contributed by atoms with E-state index in [1.165, 1.54) is 6.92 Å². The highest BCUT2D eigenvalue weighted by atomic mass is 19.4. The first-order valence-electron chi connectivity index (χ1n) is 8.23. The Kier molecular flexibility index (Phi) is 3.51. The van der Waals surface area contributed by atoms with E-state index in [1.807, 2.05) is 12.2 Å². The molecular formula is C18H15F3N2O3. The van der Waals surface area contributed by atoms with Gasteiger partial charge in [0.2, 0.25) is 17.7 Å². The van der Waals surface area contributed by atoms with E-state index in [0.717, 1.165) is 29.5 Å². The summed E-state index contributed by atoms with van der Waals surface area (Å²) in [4.78, 5) is 38.0. The van der Waals surface area contributed by atoms with Gasteiger partial charge in [0.1, 0.15) is 0 Å². The Bertz CT molecular complexity index is 832. The maximum absolute atomic E-state index is 13.1. The van der Waals surface area contributed by atoms with Gasteiger partial charge in [-0.15, -0.1) is 0 Å². The van der Waals surface area contributed by atoms with Crippen LogP contribution in [0.5, 0.6) is 0 Å². The van der Waals surface area contributed by atoms with Crippen LogP contribution in [0, 0.1) is 23.7 Å². The number of nitrogens with zero attached hydrogens (tertiary/aromatic N) is 1. The molecule has 1 N–H and O–H groups in total. The summed E-state index contributed by atoms with van der Waals surface area (Å²) in [6.07, 6.45) is -0.101. The summed E-state index contributed by atoms with van der Waals surface area (Å²) in [5.74, 6) is -2.67. The van der Waals surface area contributed by atoms with E-state index in [0.29, 0.717) is 0 Å². The number of hydrogen-bond donors (Lipinski definition) is 1. The first-order chi connectivity index (χ1) is 12.2. The number of fused-ring (bicyclic) bond motifs is 5. The molecule has 1 heterocycles. The molecule has 2 fully saturated rings. The van der Waals surface area contributed by atoms with Crippen LogP contribution >= 0.6 is 0 Å². The number of carbonyl (C=O) groups excluding carboxylic acids is 3. The molecule has 1 aliphatic heterocycles. The van der Waals surface area contributed by atoms with Crippen molar-refractivity contribution in [2.75, 3.05) is 10.2 Å². The Morgan fingerprint density at radius 1 is 1.12 bits per heavy atom. The number of benzene rings is 1. The van der Waals surface area contributed by atoms with Gasteiger partial charge in [-0.3, -0.25) is 14.4 Å². The summed E-state index contributed by atoms with van der Waals surface area (Å²) in [7, 11) is 0. The van der Waals surface area contributed by atoms with E-state index < -0.39 is 41.3 Å². The standard InChI is InChI=1S/C18H15F3N2O3/c1-8(24)22-12-5-4-11(18(19,20)21)7-13(12)23-16(25)14-9-2-3-10(6-9)15(14)17(23)26/h2-5,7,9-10,14-15H,6H2,1H3,(H,22,24)/t9-,10+,14-,15?/m0/s1. The van der Waals surface area contributed by atoms with Gasteiger partial charge in [0.15, 0.2) is 0 Å². The number of allylic oxidation sites excluding steroid dienone is 2. The van der Waals surface area contributed by atoms with Gasteiger partial charge in [0.25, 0.3) is 0 Å². The summed E-state index contributed by atoms with van der Waals surface area (Å²) in [5.41, 5.74) is -1.20. The molecule has 136 valence electrons. The van der Waals surface area contributed by atoms with Gasteiger partial charge in [-0.25, -0.2) is 4.90 Å². The molecule has 1 saturated heterocycles. The highest BCUT2D eigenvalue weighted by molar-refractivity contribution is 6.24. The molecule has 1 unspecified atom stereocenters. The normalized spacial score (nSPS) is 29.5. The monoisotopic (exact) mass is 364 g/mol. The number of imide groups is 1. The summed E-state index contributed by atoms with van der Waals surface area (Å²) in [5, 5.41) is 2.41. The van der Waals surface area contributed by atoms with Crippen LogP contribution in [0.4, 0.5) is 24.5 Å². The third-order valence-corrected chi connectivity index (χ3v) is 5.35. The summed E-state index contributed by atoms with van der Waals surface area (Å²) in [6.45, 7) is 1.20. The van der Waals surface area contributed by atoms with Crippen LogP contribution in [0.25, 0.3) is 0 Å². The number of anilines is 2. The van der Waals surface area contributed by atoms with Crippen molar-refractivity contribution in [2.45, 2.75) is 19.5 Å². The number of nitrogens with one attached hydrogen (secondary N) is 1. The van der Waals surface area contributed by atoms with Crippen LogP contribution in [0.1, 0.15) is 18.9 Å². The molecule has 1 saturated carbocycles. The molecule has 3 aliphatic rings. The fourth-order valence-corrected chi connectivity index (χ4v) is 4.33. The zero-order valence-electron chi connectivity index (χ0n) is 13.7. The number of carbonyl (C=O) groups is 3. The highest BCUT2D eigenvalue weighted by Crippen LogP contribution is 2.54. The molecule has 2 bridgehead atoms. The minimum Gasteiger partial charge on any atom is -0.325 e. The third kappa shape index (κ3) is 2.35. The van der Waals surface area contributed by atoms with Crippen LogP contribution < -0.4 is 10.2 Å². The molecule has 1 aromatic carbocycles. The van der Waals surface area contributed by atoms with E-state index in [1.54, 1.807) is 0 Å². The zero-order chi connectivity index (χ0) is 18.8. The van der Waals surface area contributed by atoms with Crippen LogP contribution in [0.2, 0.25) is 0 Å². The van der Waals surface area contributed by atoms with E-state index in [4.69, 9.17) is 0 Å². The summed E-state index contributed by atoms with van der Waals surface area (Å²) in [6, 6.07) is 2.63. The average Bonchev–Trinajstić information content (AvgIpc) is 3.21. The van der Waals surface area contributed by atoms with Gasteiger partial charge in [-0.2, -0.15) is 13.2 Å². The van der Waals surface area contributed by atoms with Gasteiger partial charge < -0.3 is 5.32 Å². The Morgan fingerprint density at radius 3 is 2.19 bits per heavy atom. The Morgan fingerprint density at radius 2 is 1.69 bits per heavy atom. The van der Waals surface area contributed by atoms with Gasteiger partial charge >= 0.3 is 6.18 Å². The second-order valence-corrected chi connectivity index (χ2v) is 6.92. The van der Waals surface area contributed by atoms with Crippen molar-refractivity contribution in [2.24, 2.45) is 23.7 Å². The molecular weight excluding hydrogens is 349 g/mol. The van der Waals surface area contributed by atoms with E-state index in [-0.39, 0.29) is 23.2 Å². The number of hydrogen-bond acceptors (Lipinski definition) is 3. The van der Waals surface area contributed by atoms with Crippen molar-refractivity contribution in [1.82, 2.24) is 0 Å². The van der Waals surface area contributed by atoms with E-state index in [2.05, 4.69) is 5.32 Å². The van der Waals surface area contributed by atoms with Crippen LogP contribution in [-0.2, 0) is 20.6 Å². The molecule has 0 spiro atoms. The highest BCUT2D eigenvalue weighted by Gasteiger charge is 2.60. The minimum absolute atomic E-state index is 0.00693. The molecule has 1 aromatic rings. The Balaban J connectivity index is 1.80. The van der Waals surface area contributed by atoms with Gasteiger partial charge in [-0.05, 0) is 36.5 Å². The number of amides is 3. The first kappa shape index (κ1) is 16.8. The van der Waals surface area contributed by atoms with Crippen molar-refractivity contribution in [3.63, 3.8) is 0 Å². The fraction of sp³-hybridized carbons (Fsp3) is 0.389. The molecule has 3 amide bonds. The minimum atomic E-state index is -4.63. The van der Waals surface area contributed by atoms with Gasteiger partial charge in [0.05, 0.1) is 28.8 Å². The van der Waals surface area contributed by atoms with Crippen molar-refractivity contribution in [3.8, 4) is 0 Å². The molecule has 4 rings (SSSR count). The lowest BCUT2D eigenvalue weighted by molar-refractivity contribution is -0.137. The first-order valence-corrected chi connectivity index (χ1v) is 8.23. The van der Waals surface area contributed by atoms with Crippen molar-refractivity contribution in [3.05, 3.63) is 35.9 Å². The van der Waals surface area contributed by atoms with Crippen LogP contribution in [0.3, 0.4) is 0 Å². The summed E-state index contributed by atoms with van der Waals surface area (Å²) < 4.78 is 39.4. The van der Waals surface area contributed by atoms with Crippen LogP contribution in [0.15, 0.2) is 30.4 Å². The quantitative estimate of drug-likeness (QED) is 0.648. The molecule has 26 heavy (non-hydrogen) atoms. The average molecular weight is 364 g/mol. The van der Waals surface area contributed by atoms with Crippen molar-refractivity contribution >= 4 is 29.1 Å². The van der Waals surface area contributed by atoms with Gasteiger partial charge in [0, 0.05) is 6.92 Å². The second-order valence-electron chi connectivity index (χ2n) is 6.92. The fourth-order valence-electron chi connectivity index (χ4n) is 4.33. The number of halogens is 3. The SMILES string of the molecule is CC(=O)Nc1ccc(C(F)(F)F)cc1N1C(=O)C2[C@@H]3C=C[C@@H](C3)[C@@H]2C1=O. The largest absolute Gasteiger partial charge is 0.416 e. The predicted molar refractivity (Wildman–Crippen MR) is 86.0 cm³/mol. The van der Waals surface area contributed by atoms with Gasteiger partial charge in [-0.1, -0.05) is 12.2 Å². The topological polar surface area (TPSA) is 66.5 Å². The second kappa shape index (κ2) is 5.43. The van der Waals surface area contributed by atoms with Crippen molar-refractivity contribution < 1.29 is 27.6 Å². The lowest BCUT2D eigenvalue weighted by Crippen LogP contribution is -2.34. The molecule has 5 nitrogen and oxygen atoms in total. The predicted octanol–water partition coefficient (Wildman–Crippen LogP) is 2.98. The number of alkyl halides is 3. The zero-order valence-corrected chi connectivity index (χ0v) is 13.7. The van der Waals surface area contributed by atoms with E-state index >= 15 is 0 Å². The van der Waals surface area contributed by atoms with Crippen LogP contribution in [-0.4, -0.2) is 17.7 Å². The third-order valence-electron chi connectivity index (χ3n) is 5.35. The Hall–Kier alpha value is -2.64. The molecule has 0 radical (unpaired) electrons. The maximum Gasteiger partial charge on any atom is 0.416 e.